The van der Waals surface area contributed by atoms with Gasteiger partial charge in [0.1, 0.15) is 4.88 Å². The zero-order chi connectivity index (χ0) is 9.40. The fraction of sp³-hybridized carbons (Fsp3) is 0.300. The second kappa shape index (κ2) is 6.63. The van der Waals surface area contributed by atoms with E-state index in [2.05, 4.69) is 10.9 Å². The van der Waals surface area contributed by atoms with Crippen molar-refractivity contribution in [3.63, 3.8) is 0 Å². The number of allylic oxidation sites excluding steroid dienone is 1. The maximum absolute atomic E-state index is 5.21. The third-order valence-electron chi connectivity index (χ3n) is 1.05. The lowest BCUT2D eigenvalue weighted by Gasteiger charge is -1.82. The van der Waals surface area contributed by atoms with Gasteiger partial charge in [-0.1, -0.05) is 25.8 Å². The van der Waals surface area contributed by atoms with E-state index >= 15 is 0 Å². The standard InChI is InChI=1S/C8H7NS.C2H6/c1-3-5-7-8(4-2)10-6-9-7;1-2/h2-3,5-6H,1H3;1-2H3/b5-3-;. The molecule has 64 valence electrons. The third-order valence-corrected chi connectivity index (χ3v) is 1.82. The Hall–Kier alpha value is -1.07. The molecule has 0 radical (unpaired) electrons. The van der Waals surface area contributed by atoms with Gasteiger partial charge in [0.15, 0.2) is 0 Å². The van der Waals surface area contributed by atoms with Crippen molar-refractivity contribution < 1.29 is 0 Å². The van der Waals surface area contributed by atoms with Gasteiger partial charge in [0.05, 0.1) is 11.2 Å². The number of aromatic nitrogens is 1. The van der Waals surface area contributed by atoms with E-state index in [1.54, 1.807) is 5.51 Å². The molecular weight excluding hydrogens is 166 g/mol. The van der Waals surface area contributed by atoms with Crippen molar-refractivity contribution >= 4 is 17.4 Å². The summed E-state index contributed by atoms with van der Waals surface area (Å²) in [6.45, 7) is 5.94. The minimum atomic E-state index is 0.898. The largest absolute Gasteiger partial charge is 0.244 e. The molecule has 0 bridgehead atoms. The fourth-order valence-electron chi connectivity index (χ4n) is 0.639. The first-order valence-electron chi connectivity index (χ1n) is 3.91. The Morgan fingerprint density at radius 3 is 2.75 bits per heavy atom. The Balaban J connectivity index is 0.000000561. The first-order chi connectivity index (χ1) is 5.88. The van der Waals surface area contributed by atoms with Gasteiger partial charge in [0.2, 0.25) is 0 Å². The molecule has 0 aromatic carbocycles. The molecule has 2 heteroatoms. The molecule has 1 nitrogen and oxygen atoms in total. The zero-order valence-corrected chi connectivity index (χ0v) is 8.48. The molecule has 0 saturated carbocycles. The Labute approximate surface area is 78.2 Å². The second-order valence-electron chi connectivity index (χ2n) is 1.71. The number of terminal acetylenes is 1. The lowest BCUT2D eigenvalue weighted by atomic mass is 10.3. The number of thiazole rings is 1. The van der Waals surface area contributed by atoms with Gasteiger partial charge in [-0.05, 0) is 13.0 Å². The average Bonchev–Trinajstić information content (AvgIpc) is 2.56. The van der Waals surface area contributed by atoms with E-state index in [1.807, 2.05) is 32.9 Å². The zero-order valence-electron chi connectivity index (χ0n) is 7.66. The first-order valence-corrected chi connectivity index (χ1v) is 4.79. The van der Waals surface area contributed by atoms with Crippen molar-refractivity contribution in [1.82, 2.24) is 4.98 Å². The van der Waals surface area contributed by atoms with E-state index in [9.17, 15) is 0 Å². The highest BCUT2D eigenvalue weighted by Crippen LogP contribution is 2.12. The van der Waals surface area contributed by atoms with Crippen LogP contribution >= 0.6 is 11.3 Å². The summed E-state index contributed by atoms with van der Waals surface area (Å²) in [5, 5.41) is 0. The van der Waals surface area contributed by atoms with Crippen LogP contribution in [0.4, 0.5) is 0 Å². The van der Waals surface area contributed by atoms with Crippen molar-refractivity contribution in [2.75, 3.05) is 0 Å². The highest BCUT2D eigenvalue weighted by atomic mass is 32.1. The van der Waals surface area contributed by atoms with Crippen LogP contribution in [0.25, 0.3) is 6.08 Å². The molecule has 0 atom stereocenters. The Bertz CT molecular complexity index is 278. The minimum absolute atomic E-state index is 0.898. The molecular formula is C10H13NS. The maximum Gasteiger partial charge on any atom is 0.104 e. The highest BCUT2D eigenvalue weighted by molar-refractivity contribution is 7.10. The SMILES string of the molecule is C#Cc1scnc1/C=C\C.CC. The molecule has 0 aliphatic heterocycles. The van der Waals surface area contributed by atoms with Crippen molar-refractivity contribution in [1.29, 1.82) is 0 Å². The molecule has 1 rings (SSSR count). The number of hydrogen-bond donors (Lipinski definition) is 0. The molecule has 0 N–H and O–H groups in total. The molecule has 1 heterocycles. The van der Waals surface area contributed by atoms with Crippen LogP contribution in [0.2, 0.25) is 0 Å². The summed E-state index contributed by atoms with van der Waals surface area (Å²) < 4.78 is 0. The summed E-state index contributed by atoms with van der Waals surface area (Å²) in [4.78, 5) is 4.97. The molecule has 0 spiro atoms. The molecule has 12 heavy (non-hydrogen) atoms. The molecule has 0 fully saturated rings. The van der Waals surface area contributed by atoms with Crippen molar-refractivity contribution in [2.24, 2.45) is 0 Å². The van der Waals surface area contributed by atoms with E-state index in [1.165, 1.54) is 11.3 Å². The Morgan fingerprint density at radius 1 is 1.58 bits per heavy atom. The van der Waals surface area contributed by atoms with E-state index in [4.69, 9.17) is 6.42 Å². The molecule has 1 aromatic rings. The summed E-state index contributed by atoms with van der Waals surface area (Å²) in [5.41, 5.74) is 2.65. The minimum Gasteiger partial charge on any atom is -0.244 e. The summed E-state index contributed by atoms with van der Waals surface area (Å²) in [7, 11) is 0. The predicted octanol–water partition coefficient (Wildman–Crippen LogP) is 3.18. The maximum atomic E-state index is 5.21. The van der Waals surface area contributed by atoms with Gasteiger partial charge in [0, 0.05) is 0 Å². The van der Waals surface area contributed by atoms with E-state index < -0.39 is 0 Å². The van der Waals surface area contributed by atoms with E-state index in [-0.39, 0.29) is 0 Å². The van der Waals surface area contributed by atoms with Crippen molar-refractivity contribution in [2.45, 2.75) is 20.8 Å². The van der Waals surface area contributed by atoms with Crippen LogP contribution in [0.5, 0.6) is 0 Å². The molecule has 0 unspecified atom stereocenters. The molecule has 0 aliphatic carbocycles. The number of rotatable bonds is 1. The Morgan fingerprint density at radius 2 is 2.25 bits per heavy atom. The van der Waals surface area contributed by atoms with Gasteiger partial charge < -0.3 is 0 Å². The van der Waals surface area contributed by atoms with Gasteiger partial charge in [-0.15, -0.1) is 17.8 Å². The van der Waals surface area contributed by atoms with Crippen molar-refractivity contribution in [3.8, 4) is 12.3 Å². The quantitative estimate of drug-likeness (QED) is 0.603. The van der Waals surface area contributed by atoms with Crippen LogP contribution in [-0.2, 0) is 0 Å². The monoisotopic (exact) mass is 179 g/mol. The van der Waals surface area contributed by atoms with Crippen LogP contribution < -0.4 is 0 Å². The van der Waals surface area contributed by atoms with E-state index in [0.29, 0.717) is 0 Å². The van der Waals surface area contributed by atoms with Gasteiger partial charge in [-0.2, -0.15) is 0 Å². The lowest BCUT2D eigenvalue weighted by molar-refractivity contribution is 1.37. The fourth-order valence-corrected chi connectivity index (χ4v) is 1.22. The molecule has 0 amide bonds. The van der Waals surface area contributed by atoms with Crippen LogP contribution in [0.15, 0.2) is 11.6 Å². The predicted molar refractivity (Wildman–Crippen MR) is 56.1 cm³/mol. The Kier molecular flexibility index (Phi) is 6.04. The molecule has 0 saturated heterocycles. The van der Waals surface area contributed by atoms with Gasteiger partial charge in [-0.25, -0.2) is 4.98 Å². The lowest BCUT2D eigenvalue weighted by Crippen LogP contribution is -1.72. The topological polar surface area (TPSA) is 12.9 Å². The summed E-state index contributed by atoms with van der Waals surface area (Å²) in [6.07, 6.45) is 9.05. The van der Waals surface area contributed by atoms with Crippen molar-refractivity contribution in [3.05, 3.63) is 22.2 Å². The van der Waals surface area contributed by atoms with E-state index in [0.717, 1.165) is 10.6 Å². The highest BCUT2D eigenvalue weighted by Gasteiger charge is 1.96. The second-order valence-corrected chi connectivity index (χ2v) is 2.57. The van der Waals surface area contributed by atoms with Crippen LogP contribution in [0, 0.1) is 12.3 Å². The van der Waals surface area contributed by atoms with Gasteiger partial charge >= 0.3 is 0 Å². The molecule has 0 aliphatic rings. The first kappa shape index (κ1) is 10.9. The number of nitrogens with zero attached hydrogens (tertiary/aromatic N) is 1. The summed E-state index contributed by atoms with van der Waals surface area (Å²) in [5.74, 6) is 2.57. The average molecular weight is 179 g/mol. The van der Waals surface area contributed by atoms with Crippen LogP contribution in [-0.4, -0.2) is 4.98 Å². The normalized spacial score (nSPS) is 8.83. The van der Waals surface area contributed by atoms with Crippen LogP contribution in [0.3, 0.4) is 0 Å². The smallest absolute Gasteiger partial charge is 0.104 e. The van der Waals surface area contributed by atoms with Gasteiger partial charge in [-0.3, -0.25) is 0 Å². The summed E-state index contributed by atoms with van der Waals surface area (Å²) >= 11 is 1.49. The van der Waals surface area contributed by atoms with Gasteiger partial charge in [0.25, 0.3) is 0 Å². The van der Waals surface area contributed by atoms with Crippen LogP contribution in [0.1, 0.15) is 31.3 Å². The third kappa shape index (κ3) is 2.89. The number of hydrogen-bond acceptors (Lipinski definition) is 2. The molecule has 1 aromatic heterocycles. The summed E-state index contributed by atoms with van der Waals surface area (Å²) in [6, 6.07) is 0.